The highest BCUT2D eigenvalue weighted by atomic mass is 16.4. The Morgan fingerprint density at radius 3 is 2.56 bits per heavy atom. The molecule has 3 nitrogen and oxygen atoms in total. The Balaban J connectivity index is 3.08. The molecule has 0 aliphatic carbocycles. The van der Waals surface area contributed by atoms with E-state index in [0.717, 1.165) is 0 Å². The van der Waals surface area contributed by atoms with Crippen LogP contribution in [-0.2, 0) is 12.2 Å². The Labute approximate surface area is 52.5 Å². The maximum Gasteiger partial charge on any atom is 0.402 e. The van der Waals surface area contributed by atoms with Gasteiger partial charge in [-0.05, 0) is 12.1 Å². The summed E-state index contributed by atoms with van der Waals surface area (Å²) in [6.07, 6.45) is 1.66. The van der Waals surface area contributed by atoms with E-state index in [9.17, 15) is 9.90 Å². The summed E-state index contributed by atoms with van der Waals surface area (Å²) in [5.41, 5.74) is 0.204. The van der Waals surface area contributed by atoms with Crippen molar-refractivity contribution in [2.24, 2.45) is 7.05 Å². The van der Waals surface area contributed by atoms with E-state index in [1.807, 2.05) is 0 Å². The van der Waals surface area contributed by atoms with Gasteiger partial charge in [0, 0.05) is 13.2 Å². The third-order valence-corrected chi connectivity index (χ3v) is 1.15. The van der Waals surface area contributed by atoms with Gasteiger partial charge in [0.2, 0.25) is 0 Å². The monoisotopic (exact) mass is 124 g/mol. The quantitative estimate of drug-likeness (QED) is 0.540. The van der Waals surface area contributed by atoms with Crippen molar-refractivity contribution >= 4 is 5.97 Å². The minimum absolute atomic E-state index is 0.204. The van der Waals surface area contributed by atoms with Gasteiger partial charge < -0.3 is 4.57 Å². The van der Waals surface area contributed by atoms with Crippen LogP contribution >= 0.6 is 0 Å². The number of aromatic nitrogens is 1. The Hall–Kier alpha value is -1.25. The van der Waals surface area contributed by atoms with Crippen molar-refractivity contribution in [2.75, 3.05) is 0 Å². The summed E-state index contributed by atoms with van der Waals surface area (Å²) in [6.45, 7) is 0. The second-order valence-corrected chi connectivity index (χ2v) is 1.79. The third-order valence-electron chi connectivity index (χ3n) is 1.15. The maximum absolute atomic E-state index is 10.2. The molecule has 1 radical (unpaired) electrons. The second kappa shape index (κ2) is 1.93. The van der Waals surface area contributed by atoms with E-state index >= 15 is 0 Å². The summed E-state index contributed by atoms with van der Waals surface area (Å²) < 4.78 is 1.50. The van der Waals surface area contributed by atoms with Crippen molar-refractivity contribution in [1.82, 2.24) is 4.57 Å². The van der Waals surface area contributed by atoms with Gasteiger partial charge in [0.05, 0.1) is 0 Å². The lowest BCUT2D eigenvalue weighted by Crippen LogP contribution is -2.01. The summed E-state index contributed by atoms with van der Waals surface area (Å²) >= 11 is 0. The molecule has 0 fully saturated rings. The summed E-state index contributed by atoms with van der Waals surface area (Å²) in [6, 6.07) is 3.15. The number of nitrogens with zero attached hydrogens (tertiary/aromatic N) is 1. The van der Waals surface area contributed by atoms with Crippen molar-refractivity contribution in [2.45, 2.75) is 0 Å². The van der Waals surface area contributed by atoms with Crippen LogP contribution < -0.4 is 0 Å². The van der Waals surface area contributed by atoms with Crippen molar-refractivity contribution < 1.29 is 9.90 Å². The molecular weight excluding hydrogens is 118 g/mol. The Morgan fingerprint density at radius 1 is 1.67 bits per heavy atom. The van der Waals surface area contributed by atoms with Gasteiger partial charge in [0.25, 0.3) is 0 Å². The molecule has 0 N–H and O–H groups in total. The number of carbonyl (C=O) groups is 1. The highest BCUT2D eigenvalue weighted by Gasteiger charge is 2.06. The van der Waals surface area contributed by atoms with Crippen LogP contribution in [0.2, 0.25) is 0 Å². The van der Waals surface area contributed by atoms with Crippen LogP contribution in [0.15, 0.2) is 18.3 Å². The largest absolute Gasteiger partial charge is 0.402 e. The first-order valence-electron chi connectivity index (χ1n) is 2.54. The summed E-state index contributed by atoms with van der Waals surface area (Å²) in [7, 11) is 1.66. The van der Waals surface area contributed by atoms with Gasteiger partial charge in [-0.15, -0.1) is 0 Å². The second-order valence-electron chi connectivity index (χ2n) is 1.79. The molecule has 0 atom stereocenters. The predicted octanol–water partition coefficient (Wildman–Crippen LogP) is 0.596. The first-order chi connectivity index (χ1) is 4.22. The van der Waals surface area contributed by atoms with Crippen LogP contribution in [-0.4, -0.2) is 10.5 Å². The molecule has 1 aromatic heterocycles. The van der Waals surface area contributed by atoms with Crippen LogP contribution in [0, 0.1) is 0 Å². The zero-order valence-electron chi connectivity index (χ0n) is 5.00. The van der Waals surface area contributed by atoms with Crippen molar-refractivity contribution in [1.29, 1.82) is 0 Å². The Bertz CT molecular complexity index is 227. The fourth-order valence-electron chi connectivity index (χ4n) is 0.673. The molecule has 1 rings (SSSR count). The molecule has 0 amide bonds. The third kappa shape index (κ3) is 0.937. The SMILES string of the molecule is Cn1cccc1C([O])=O. The highest BCUT2D eigenvalue weighted by molar-refractivity contribution is 5.85. The number of rotatable bonds is 1. The van der Waals surface area contributed by atoms with Gasteiger partial charge in [-0.1, -0.05) is 0 Å². The van der Waals surface area contributed by atoms with E-state index in [4.69, 9.17) is 0 Å². The zero-order valence-corrected chi connectivity index (χ0v) is 5.00. The molecule has 47 valence electrons. The van der Waals surface area contributed by atoms with E-state index in [1.54, 1.807) is 19.3 Å². The molecule has 0 bridgehead atoms. The number of hydrogen-bond donors (Lipinski definition) is 0. The lowest BCUT2D eigenvalue weighted by Gasteiger charge is -1.90. The molecule has 3 heteroatoms. The van der Waals surface area contributed by atoms with Gasteiger partial charge >= 0.3 is 5.97 Å². The minimum Gasteiger partial charge on any atom is -0.345 e. The predicted molar refractivity (Wildman–Crippen MR) is 30.4 cm³/mol. The van der Waals surface area contributed by atoms with Crippen molar-refractivity contribution in [3.8, 4) is 0 Å². The summed E-state index contributed by atoms with van der Waals surface area (Å²) in [5, 5.41) is 10.2. The van der Waals surface area contributed by atoms with Crippen LogP contribution in [0.1, 0.15) is 10.5 Å². The molecule has 0 aliphatic heterocycles. The standard InChI is InChI=1S/C6H6NO2/c1-7-4-2-3-5(7)6(8)9/h2-4H,1H3. The zero-order chi connectivity index (χ0) is 6.85. The van der Waals surface area contributed by atoms with Gasteiger partial charge in [-0.2, -0.15) is 0 Å². The molecule has 0 spiro atoms. The fraction of sp³-hybridized carbons (Fsp3) is 0.167. The smallest absolute Gasteiger partial charge is 0.345 e. The van der Waals surface area contributed by atoms with Gasteiger partial charge in [-0.3, -0.25) is 0 Å². The van der Waals surface area contributed by atoms with E-state index in [1.165, 1.54) is 10.6 Å². The lowest BCUT2D eigenvalue weighted by atomic mass is 10.4. The van der Waals surface area contributed by atoms with E-state index in [-0.39, 0.29) is 5.69 Å². The van der Waals surface area contributed by atoms with Crippen LogP contribution in [0.4, 0.5) is 0 Å². The molecule has 1 heterocycles. The normalized spacial score (nSPS) is 9.44. The average Bonchev–Trinajstić information content (AvgIpc) is 2.13. The van der Waals surface area contributed by atoms with Gasteiger partial charge in [0.15, 0.2) is 0 Å². The van der Waals surface area contributed by atoms with Gasteiger partial charge in [-0.25, -0.2) is 9.90 Å². The van der Waals surface area contributed by atoms with Crippen LogP contribution in [0.3, 0.4) is 0 Å². The van der Waals surface area contributed by atoms with E-state index in [0.29, 0.717) is 0 Å². The van der Waals surface area contributed by atoms with Crippen molar-refractivity contribution in [3.05, 3.63) is 24.0 Å². The molecule has 0 saturated carbocycles. The van der Waals surface area contributed by atoms with E-state index in [2.05, 4.69) is 0 Å². The van der Waals surface area contributed by atoms with Crippen molar-refractivity contribution in [3.63, 3.8) is 0 Å². The Morgan fingerprint density at radius 2 is 2.33 bits per heavy atom. The lowest BCUT2D eigenvalue weighted by molar-refractivity contribution is 0.0562. The van der Waals surface area contributed by atoms with Gasteiger partial charge in [0.1, 0.15) is 5.69 Å². The molecule has 1 aromatic rings. The highest BCUT2D eigenvalue weighted by Crippen LogP contribution is 1.97. The maximum atomic E-state index is 10.2. The summed E-state index contributed by atoms with van der Waals surface area (Å²) in [4.78, 5) is 10.2. The summed E-state index contributed by atoms with van der Waals surface area (Å²) in [5.74, 6) is -1.14. The first-order valence-corrected chi connectivity index (χ1v) is 2.54. The van der Waals surface area contributed by atoms with Crippen LogP contribution in [0.5, 0.6) is 0 Å². The molecule has 0 aliphatic rings. The van der Waals surface area contributed by atoms with E-state index < -0.39 is 5.97 Å². The molecule has 0 unspecified atom stereocenters. The molecule has 9 heavy (non-hydrogen) atoms. The van der Waals surface area contributed by atoms with Crippen LogP contribution in [0.25, 0.3) is 0 Å². The average molecular weight is 124 g/mol. The fourth-order valence-corrected chi connectivity index (χ4v) is 0.673. The molecular formula is C6H6NO2. The number of carbonyl (C=O) groups excluding carboxylic acids is 1. The topological polar surface area (TPSA) is 41.9 Å². The number of aryl methyl sites for hydroxylation is 1. The Kier molecular flexibility index (Phi) is 1.26. The number of hydrogen-bond acceptors (Lipinski definition) is 1. The molecule has 0 saturated heterocycles. The molecule has 0 aromatic carbocycles. The minimum atomic E-state index is -1.14. The first kappa shape index (κ1) is 5.88.